The summed E-state index contributed by atoms with van der Waals surface area (Å²) in [4.78, 5) is 27.4. The molecule has 0 saturated heterocycles. The standard InChI is InChI=1S/C18H20N2O4/c1-2-3-9-15(18(22)23)20-17(21)13-10-11-16(19-12-13)24-14-7-5-4-6-8-14/h4-8,10-12,15H,2-3,9H2,1H3,(H,20,21)(H,22,23)/t15-/m0/s1. The van der Waals surface area contributed by atoms with Gasteiger partial charge in [-0.25, -0.2) is 9.78 Å². The van der Waals surface area contributed by atoms with Crippen molar-refractivity contribution in [1.82, 2.24) is 10.3 Å². The number of aliphatic carboxylic acids is 1. The molecule has 0 unspecified atom stereocenters. The molecule has 0 saturated carbocycles. The number of benzene rings is 1. The maximum atomic E-state index is 12.1. The largest absolute Gasteiger partial charge is 0.480 e. The van der Waals surface area contributed by atoms with Gasteiger partial charge >= 0.3 is 5.97 Å². The van der Waals surface area contributed by atoms with Crippen molar-refractivity contribution in [3.8, 4) is 11.6 Å². The number of aromatic nitrogens is 1. The van der Waals surface area contributed by atoms with E-state index in [1.165, 1.54) is 6.20 Å². The molecule has 6 heteroatoms. The number of nitrogens with zero attached hydrogens (tertiary/aromatic N) is 1. The fourth-order valence-corrected chi connectivity index (χ4v) is 2.09. The van der Waals surface area contributed by atoms with Gasteiger partial charge in [0, 0.05) is 12.3 Å². The van der Waals surface area contributed by atoms with Crippen LogP contribution in [0.4, 0.5) is 0 Å². The fraction of sp³-hybridized carbons (Fsp3) is 0.278. The molecule has 1 aromatic heterocycles. The van der Waals surface area contributed by atoms with E-state index < -0.39 is 17.9 Å². The topological polar surface area (TPSA) is 88.5 Å². The van der Waals surface area contributed by atoms with Gasteiger partial charge in [0.1, 0.15) is 11.8 Å². The van der Waals surface area contributed by atoms with Gasteiger partial charge in [-0.2, -0.15) is 0 Å². The van der Waals surface area contributed by atoms with Crippen LogP contribution >= 0.6 is 0 Å². The van der Waals surface area contributed by atoms with Crippen molar-refractivity contribution in [3.63, 3.8) is 0 Å². The smallest absolute Gasteiger partial charge is 0.326 e. The van der Waals surface area contributed by atoms with Crippen LogP contribution in [-0.4, -0.2) is 28.0 Å². The number of ether oxygens (including phenoxy) is 1. The van der Waals surface area contributed by atoms with Crippen LogP contribution in [0.1, 0.15) is 36.5 Å². The van der Waals surface area contributed by atoms with Gasteiger partial charge in [-0.05, 0) is 24.6 Å². The van der Waals surface area contributed by atoms with Crippen molar-refractivity contribution in [2.75, 3.05) is 0 Å². The van der Waals surface area contributed by atoms with E-state index in [1.54, 1.807) is 24.3 Å². The molecular formula is C18H20N2O4. The SMILES string of the molecule is CCCC[C@H](NC(=O)c1ccc(Oc2ccccc2)nc1)C(=O)O. The summed E-state index contributed by atoms with van der Waals surface area (Å²) in [6.45, 7) is 1.97. The summed E-state index contributed by atoms with van der Waals surface area (Å²) in [7, 11) is 0. The molecule has 0 aliphatic rings. The molecule has 1 heterocycles. The first kappa shape index (κ1) is 17.5. The maximum Gasteiger partial charge on any atom is 0.326 e. The van der Waals surface area contributed by atoms with Crippen LogP contribution < -0.4 is 10.1 Å². The van der Waals surface area contributed by atoms with Gasteiger partial charge in [0.2, 0.25) is 5.88 Å². The number of hydrogen-bond donors (Lipinski definition) is 2. The number of nitrogens with one attached hydrogen (secondary N) is 1. The molecule has 0 radical (unpaired) electrons. The van der Waals surface area contributed by atoms with E-state index in [0.717, 1.165) is 12.8 Å². The Balaban J connectivity index is 1.98. The average Bonchev–Trinajstić information content (AvgIpc) is 2.59. The number of carbonyl (C=O) groups excluding carboxylic acids is 1. The van der Waals surface area contributed by atoms with Gasteiger partial charge in [-0.1, -0.05) is 38.0 Å². The Kier molecular flexibility index (Phi) is 6.31. The summed E-state index contributed by atoms with van der Waals surface area (Å²) in [5.74, 6) is -0.489. The van der Waals surface area contributed by atoms with Crippen LogP contribution in [0.5, 0.6) is 11.6 Å². The monoisotopic (exact) mass is 328 g/mol. The van der Waals surface area contributed by atoms with E-state index in [0.29, 0.717) is 18.1 Å². The van der Waals surface area contributed by atoms with Gasteiger partial charge in [-0.3, -0.25) is 4.79 Å². The van der Waals surface area contributed by atoms with Gasteiger partial charge in [0.25, 0.3) is 5.91 Å². The molecule has 2 N–H and O–H groups in total. The molecule has 0 aliphatic heterocycles. The number of carboxylic acid groups (broad SMARTS) is 1. The first-order valence-corrected chi connectivity index (χ1v) is 7.82. The highest BCUT2D eigenvalue weighted by Crippen LogP contribution is 2.18. The summed E-state index contributed by atoms with van der Waals surface area (Å²) in [6.07, 6.45) is 3.37. The number of carboxylic acids is 1. The predicted molar refractivity (Wildman–Crippen MR) is 89.2 cm³/mol. The second-order valence-electron chi connectivity index (χ2n) is 5.31. The van der Waals surface area contributed by atoms with E-state index in [-0.39, 0.29) is 5.56 Å². The zero-order valence-corrected chi connectivity index (χ0v) is 13.4. The number of unbranched alkanes of at least 4 members (excludes halogenated alkanes) is 1. The Labute approximate surface area is 140 Å². The molecular weight excluding hydrogens is 308 g/mol. The minimum Gasteiger partial charge on any atom is -0.480 e. The second kappa shape index (κ2) is 8.67. The Hall–Kier alpha value is -2.89. The molecule has 0 aliphatic carbocycles. The lowest BCUT2D eigenvalue weighted by atomic mass is 10.1. The highest BCUT2D eigenvalue weighted by atomic mass is 16.5. The predicted octanol–water partition coefficient (Wildman–Crippen LogP) is 3.25. The first-order valence-electron chi connectivity index (χ1n) is 7.82. The molecule has 1 atom stereocenters. The fourth-order valence-electron chi connectivity index (χ4n) is 2.09. The Morgan fingerprint density at radius 3 is 2.54 bits per heavy atom. The third kappa shape index (κ3) is 5.08. The van der Waals surface area contributed by atoms with Crippen LogP contribution in [-0.2, 0) is 4.79 Å². The zero-order valence-electron chi connectivity index (χ0n) is 13.4. The summed E-state index contributed by atoms with van der Waals surface area (Å²) in [5.41, 5.74) is 0.290. The number of rotatable bonds is 8. The Bertz CT molecular complexity index is 671. The van der Waals surface area contributed by atoms with Crippen LogP contribution in [0.25, 0.3) is 0 Å². The third-order valence-corrected chi connectivity index (χ3v) is 3.41. The summed E-state index contributed by atoms with van der Waals surface area (Å²) >= 11 is 0. The summed E-state index contributed by atoms with van der Waals surface area (Å²) in [5, 5.41) is 11.7. The first-order chi connectivity index (χ1) is 11.6. The molecule has 1 aromatic carbocycles. The highest BCUT2D eigenvalue weighted by molar-refractivity contribution is 5.96. The molecule has 0 spiro atoms. The molecule has 2 rings (SSSR count). The lowest BCUT2D eigenvalue weighted by molar-refractivity contribution is -0.139. The Morgan fingerprint density at radius 1 is 1.21 bits per heavy atom. The normalized spacial score (nSPS) is 11.5. The minimum absolute atomic E-state index is 0.290. The maximum absolute atomic E-state index is 12.1. The summed E-state index contributed by atoms with van der Waals surface area (Å²) < 4.78 is 5.55. The molecule has 0 bridgehead atoms. The molecule has 1 amide bonds. The van der Waals surface area contributed by atoms with Gasteiger partial charge in [0.15, 0.2) is 0 Å². The average molecular weight is 328 g/mol. The van der Waals surface area contributed by atoms with Crippen molar-refractivity contribution in [3.05, 3.63) is 54.2 Å². The lowest BCUT2D eigenvalue weighted by Crippen LogP contribution is -2.40. The van der Waals surface area contributed by atoms with Crippen molar-refractivity contribution in [2.45, 2.75) is 32.2 Å². The number of carbonyl (C=O) groups is 2. The van der Waals surface area contributed by atoms with Crippen molar-refractivity contribution >= 4 is 11.9 Å². The molecule has 6 nitrogen and oxygen atoms in total. The Morgan fingerprint density at radius 2 is 1.96 bits per heavy atom. The van der Waals surface area contributed by atoms with E-state index in [2.05, 4.69) is 10.3 Å². The second-order valence-corrected chi connectivity index (χ2v) is 5.31. The minimum atomic E-state index is -1.03. The van der Waals surface area contributed by atoms with Gasteiger partial charge < -0.3 is 15.2 Å². The van der Waals surface area contributed by atoms with E-state index >= 15 is 0 Å². The molecule has 24 heavy (non-hydrogen) atoms. The third-order valence-electron chi connectivity index (χ3n) is 3.41. The number of pyridine rings is 1. The lowest BCUT2D eigenvalue weighted by Gasteiger charge is -2.14. The molecule has 126 valence electrons. The van der Waals surface area contributed by atoms with Crippen molar-refractivity contribution < 1.29 is 19.4 Å². The quantitative estimate of drug-likeness (QED) is 0.776. The summed E-state index contributed by atoms with van der Waals surface area (Å²) in [6, 6.07) is 11.4. The van der Waals surface area contributed by atoms with Crippen molar-refractivity contribution in [2.24, 2.45) is 0 Å². The van der Waals surface area contributed by atoms with E-state index in [9.17, 15) is 9.59 Å². The number of amides is 1. The molecule has 0 fully saturated rings. The van der Waals surface area contributed by atoms with E-state index in [1.807, 2.05) is 25.1 Å². The van der Waals surface area contributed by atoms with Crippen LogP contribution in [0.15, 0.2) is 48.7 Å². The molecule has 2 aromatic rings. The van der Waals surface area contributed by atoms with Crippen molar-refractivity contribution in [1.29, 1.82) is 0 Å². The van der Waals surface area contributed by atoms with Crippen LogP contribution in [0.2, 0.25) is 0 Å². The highest BCUT2D eigenvalue weighted by Gasteiger charge is 2.20. The number of para-hydroxylation sites is 1. The van der Waals surface area contributed by atoms with E-state index in [4.69, 9.17) is 9.84 Å². The van der Waals surface area contributed by atoms with Gasteiger partial charge in [0.05, 0.1) is 5.56 Å². The van der Waals surface area contributed by atoms with Crippen LogP contribution in [0, 0.1) is 0 Å². The number of hydrogen-bond acceptors (Lipinski definition) is 4. The van der Waals surface area contributed by atoms with Crippen LogP contribution in [0.3, 0.4) is 0 Å². The van der Waals surface area contributed by atoms with Gasteiger partial charge in [-0.15, -0.1) is 0 Å². The zero-order chi connectivity index (χ0) is 17.4.